The van der Waals surface area contributed by atoms with Crippen molar-refractivity contribution in [1.29, 1.82) is 5.41 Å². The minimum Gasteiger partial charge on any atom is -0.387 e. The summed E-state index contributed by atoms with van der Waals surface area (Å²) in [5.74, 6) is -0.211. The van der Waals surface area contributed by atoms with Crippen LogP contribution in [0, 0.1) is 5.41 Å². The van der Waals surface area contributed by atoms with Gasteiger partial charge in [0.15, 0.2) is 10.9 Å². The van der Waals surface area contributed by atoms with Gasteiger partial charge in [0.25, 0.3) is 5.91 Å². The number of ketones is 1. The number of thiazole rings is 1. The first kappa shape index (κ1) is 20.5. The fourth-order valence-corrected chi connectivity index (χ4v) is 6.05. The summed E-state index contributed by atoms with van der Waals surface area (Å²) in [5, 5.41) is 15.5. The number of rotatable bonds is 5. The molecule has 0 saturated carbocycles. The Balaban J connectivity index is 1.54. The van der Waals surface area contributed by atoms with Gasteiger partial charge < -0.3 is 10.7 Å². The maximum atomic E-state index is 13.1. The summed E-state index contributed by atoms with van der Waals surface area (Å²) in [7, 11) is 1.82. The van der Waals surface area contributed by atoms with E-state index < -0.39 is 0 Å². The molecule has 0 atom stereocenters. The molecular formula is C24H20N4O2S2. The van der Waals surface area contributed by atoms with E-state index in [2.05, 4.69) is 33.8 Å². The summed E-state index contributed by atoms with van der Waals surface area (Å²) in [6, 6.07) is 13.8. The molecule has 2 heterocycles. The number of aryl methyl sites for hydroxylation is 1. The van der Waals surface area contributed by atoms with Gasteiger partial charge in [-0.05, 0) is 42.5 Å². The normalized spacial score (nSPS) is 13.1. The summed E-state index contributed by atoms with van der Waals surface area (Å²) < 4.78 is 1.16. The molecule has 0 unspecified atom stereocenters. The Morgan fingerprint density at radius 3 is 2.75 bits per heavy atom. The van der Waals surface area contributed by atoms with Crippen LogP contribution in [0.2, 0.25) is 0 Å². The lowest BCUT2D eigenvalue weighted by atomic mass is 10.0. The Morgan fingerprint density at radius 1 is 1.16 bits per heavy atom. The second-order valence-electron chi connectivity index (χ2n) is 7.56. The smallest absolute Gasteiger partial charge is 0.257 e. The van der Waals surface area contributed by atoms with Crippen LogP contribution in [0.4, 0.5) is 10.8 Å². The number of Topliss-reactive ketones (excluding diaryl/α,β-unsaturated/α-hetero) is 1. The first-order valence-corrected chi connectivity index (χ1v) is 11.9. The number of nitrogens with zero attached hydrogens (tertiary/aromatic N) is 1. The minimum atomic E-state index is -0.309. The SMILES string of the molecule is CNc1c(C=N)cc(C(=O)Nc2nc3c(s2)C(=O)CCC3)cc1-c1cc2ccccc2s1. The highest BCUT2D eigenvalue weighted by atomic mass is 32.1. The van der Waals surface area contributed by atoms with Crippen LogP contribution in [-0.2, 0) is 6.42 Å². The van der Waals surface area contributed by atoms with Crippen LogP contribution in [0.15, 0.2) is 42.5 Å². The number of thiophene rings is 1. The molecule has 3 N–H and O–H groups in total. The summed E-state index contributed by atoms with van der Waals surface area (Å²) in [6.07, 6.45) is 3.35. The molecule has 2 aromatic heterocycles. The van der Waals surface area contributed by atoms with Crippen LogP contribution in [-0.4, -0.2) is 29.9 Å². The highest BCUT2D eigenvalue weighted by Crippen LogP contribution is 2.39. The van der Waals surface area contributed by atoms with Crippen LogP contribution < -0.4 is 10.6 Å². The quantitative estimate of drug-likeness (QED) is 0.326. The Kier molecular flexibility index (Phi) is 5.32. The molecule has 2 aromatic carbocycles. The fourth-order valence-electron chi connectivity index (χ4n) is 3.99. The Hall–Kier alpha value is -3.36. The first-order valence-electron chi connectivity index (χ1n) is 10.3. The van der Waals surface area contributed by atoms with Gasteiger partial charge in [0.05, 0.1) is 16.3 Å². The lowest BCUT2D eigenvalue weighted by Crippen LogP contribution is -2.13. The van der Waals surface area contributed by atoms with Crippen molar-refractivity contribution in [2.75, 3.05) is 17.7 Å². The van der Waals surface area contributed by atoms with Crippen LogP contribution >= 0.6 is 22.7 Å². The van der Waals surface area contributed by atoms with E-state index in [1.807, 2.05) is 25.2 Å². The van der Waals surface area contributed by atoms with Crippen molar-refractivity contribution in [3.63, 3.8) is 0 Å². The number of amides is 1. The van der Waals surface area contributed by atoms with Crippen molar-refractivity contribution in [2.24, 2.45) is 0 Å². The van der Waals surface area contributed by atoms with Crippen LogP contribution in [0.3, 0.4) is 0 Å². The molecule has 6 nitrogen and oxygen atoms in total. The van der Waals surface area contributed by atoms with Gasteiger partial charge >= 0.3 is 0 Å². The highest BCUT2D eigenvalue weighted by molar-refractivity contribution is 7.22. The largest absolute Gasteiger partial charge is 0.387 e. The maximum Gasteiger partial charge on any atom is 0.257 e. The van der Waals surface area contributed by atoms with Gasteiger partial charge in [0.1, 0.15) is 0 Å². The van der Waals surface area contributed by atoms with Crippen molar-refractivity contribution in [2.45, 2.75) is 19.3 Å². The van der Waals surface area contributed by atoms with Gasteiger partial charge in [-0.15, -0.1) is 11.3 Å². The lowest BCUT2D eigenvalue weighted by Gasteiger charge is -2.13. The monoisotopic (exact) mass is 460 g/mol. The van der Waals surface area contributed by atoms with Gasteiger partial charge in [0, 0.05) is 46.0 Å². The third kappa shape index (κ3) is 3.61. The van der Waals surface area contributed by atoms with E-state index in [1.165, 1.54) is 17.6 Å². The van der Waals surface area contributed by atoms with E-state index >= 15 is 0 Å². The van der Waals surface area contributed by atoms with Gasteiger partial charge in [-0.3, -0.25) is 14.9 Å². The summed E-state index contributed by atoms with van der Waals surface area (Å²) in [6.45, 7) is 0. The van der Waals surface area contributed by atoms with Gasteiger partial charge in [-0.1, -0.05) is 29.5 Å². The zero-order valence-electron chi connectivity index (χ0n) is 17.3. The van der Waals surface area contributed by atoms with Gasteiger partial charge in [-0.2, -0.15) is 0 Å². The number of benzene rings is 2. The molecule has 160 valence electrons. The highest BCUT2D eigenvalue weighted by Gasteiger charge is 2.23. The topological polar surface area (TPSA) is 94.9 Å². The third-order valence-electron chi connectivity index (χ3n) is 5.52. The number of aromatic nitrogens is 1. The number of anilines is 2. The summed E-state index contributed by atoms with van der Waals surface area (Å²) >= 11 is 2.89. The predicted octanol–water partition coefficient (Wildman–Crippen LogP) is 5.84. The molecule has 0 saturated heterocycles. The van der Waals surface area contributed by atoms with E-state index in [1.54, 1.807) is 17.4 Å². The zero-order chi connectivity index (χ0) is 22.2. The number of carbonyl (C=O) groups excluding carboxylic acids is 2. The maximum absolute atomic E-state index is 13.1. The molecule has 32 heavy (non-hydrogen) atoms. The standard InChI is InChI=1S/C24H20N4O2S2/c1-26-21-15(12-25)9-14(10-16(21)20-11-13-5-2-3-8-19(13)31-20)23(30)28-24-27-17-6-4-7-18(29)22(17)32-24/h2-3,5,8-12,25-26H,4,6-7H2,1H3,(H,27,28,30). The van der Waals surface area contributed by atoms with Crippen molar-refractivity contribution in [3.05, 3.63) is 64.2 Å². The van der Waals surface area contributed by atoms with Crippen LogP contribution in [0.25, 0.3) is 20.5 Å². The third-order valence-corrected chi connectivity index (χ3v) is 7.72. The van der Waals surface area contributed by atoms with Gasteiger partial charge in [-0.25, -0.2) is 4.98 Å². The second kappa shape index (κ2) is 8.29. The van der Waals surface area contributed by atoms with Crippen LogP contribution in [0.5, 0.6) is 0 Å². The van der Waals surface area contributed by atoms with Crippen molar-refractivity contribution < 1.29 is 9.59 Å². The number of fused-ring (bicyclic) bond motifs is 2. The molecular weight excluding hydrogens is 440 g/mol. The Morgan fingerprint density at radius 2 is 2.00 bits per heavy atom. The second-order valence-corrected chi connectivity index (χ2v) is 9.64. The number of nitrogens with one attached hydrogen (secondary N) is 3. The molecule has 0 spiro atoms. The zero-order valence-corrected chi connectivity index (χ0v) is 19.0. The van der Waals surface area contributed by atoms with E-state index in [4.69, 9.17) is 5.41 Å². The van der Waals surface area contributed by atoms with E-state index in [9.17, 15) is 9.59 Å². The first-order chi connectivity index (χ1) is 15.6. The summed E-state index contributed by atoms with van der Waals surface area (Å²) in [5.41, 5.74) is 3.51. The van der Waals surface area contributed by atoms with Crippen LogP contribution in [0.1, 0.15) is 44.1 Å². The fraction of sp³-hybridized carbons (Fsp3) is 0.167. The minimum absolute atomic E-state index is 0.0979. The molecule has 0 bridgehead atoms. The average Bonchev–Trinajstić information content (AvgIpc) is 3.42. The molecule has 8 heteroatoms. The molecule has 1 aliphatic carbocycles. The lowest BCUT2D eigenvalue weighted by molar-refractivity contribution is 0.0975. The van der Waals surface area contributed by atoms with Crippen molar-refractivity contribution in [3.8, 4) is 10.4 Å². The van der Waals surface area contributed by atoms with Crippen molar-refractivity contribution in [1.82, 2.24) is 4.98 Å². The van der Waals surface area contributed by atoms with E-state index in [0.29, 0.717) is 27.6 Å². The Bertz CT molecular complexity index is 1350. The average molecular weight is 461 g/mol. The number of carbonyl (C=O) groups is 2. The van der Waals surface area contributed by atoms with E-state index in [0.717, 1.165) is 44.7 Å². The molecule has 1 aliphatic rings. The predicted molar refractivity (Wildman–Crippen MR) is 132 cm³/mol. The van der Waals surface area contributed by atoms with Gasteiger partial charge in [0.2, 0.25) is 0 Å². The van der Waals surface area contributed by atoms with Crippen molar-refractivity contribution >= 4 is 61.5 Å². The molecule has 0 fully saturated rings. The molecule has 0 aliphatic heterocycles. The van der Waals surface area contributed by atoms with E-state index in [-0.39, 0.29) is 11.7 Å². The number of hydrogen-bond donors (Lipinski definition) is 3. The molecule has 1 amide bonds. The number of hydrogen-bond acceptors (Lipinski definition) is 7. The molecule has 5 rings (SSSR count). The summed E-state index contributed by atoms with van der Waals surface area (Å²) in [4.78, 5) is 31.4. The molecule has 4 aromatic rings. The molecule has 0 radical (unpaired) electrons. The Labute approximate surface area is 192 Å².